The van der Waals surface area contributed by atoms with Crippen LogP contribution in [0.25, 0.3) is 21.3 Å². The number of halogens is 1. The van der Waals surface area contributed by atoms with Crippen molar-refractivity contribution in [1.82, 2.24) is 9.55 Å². The predicted molar refractivity (Wildman–Crippen MR) is 106 cm³/mol. The van der Waals surface area contributed by atoms with E-state index in [0.29, 0.717) is 17.0 Å². The molecular weight excluding hydrogens is 368 g/mol. The largest absolute Gasteiger partial charge is 0.497 e. The summed E-state index contributed by atoms with van der Waals surface area (Å²) in [4.78, 5) is 18.3. The van der Waals surface area contributed by atoms with Gasteiger partial charge in [-0.25, -0.2) is 4.98 Å². The fourth-order valence-electron chi connectivity index (χ4n) is 2.89. The molecular formula is C20H15ClN2O2S. The topological polar surface area (TPSA) is 44.1 Å². The number of hydrogen-bond donors (Lipinski definition) is 0. The molecule has 0 unspecified atom stereocenters. The van der Waals surface area contributed by atoms with Gasteiger partial charge in [0.1, 0.15) is 10.6 Å². The molecule has 0 fully saturated rings. The number of aromatic nitrogens is 2. The maximum absolute atomic E-state index is 13.1. The van der Waals surface area contributed by atoms with Crippen LogP contribution >= 0.6 is 22.9 Å². The van der Waals surface area contributed by atoms with Crippen molar-refractivity contribution in [3.05, 3.63) is 81.2 Å². The number of thiophene rings is 1. The molecule has 0 saturated heterocycles. The summed E-state index contributed by atoms with van der Waals surface area (Å²) in [5, 5.41) is 3.28. The molecule has 0 bridgehead atoms. The predicted octanol–water partition coefficient (Wildman–Crippen LogP) is 4.84. The fraction of sp³-hybridized carbons (Fsp3) is 0.100. The number of benzene rings is 2. The lowest BCUT2D eigenvalue weighted by molar-refractivity contribution is 0.414. The van der Waals surface area contributed by atoms with Gasteiger partial charge in [0.25, 0.3) is 5.56 Å². The molecule has 0 atom stereocenters. The lowest BCUT2D eigenvalue weighted by Gasteiger charge is -2.08. The highest BCUT2D eigenvalue weighted by Gasteiger charge is 2.13. The van der Waals surface area contributed by atoms with Gasteiger partial charge in [0.15, 0.2) is 0 Å². The van der Waals surface area contributed by atoms with Crippen LogP contribution in [0, 0.1) is 0 Å². The molecule has 26 heavy (non-hydrogen) atoms. The molecule has 2 aromatic heterocycles. The summed E-state index contributed by atoms with van der Waals surface area (Å²) in [5.41, 5.74) is 2.78. The Kier molecular flexibility index (Phi) is 4.49. The van der Waals surface area contributed by atoms with Crippen molar-refractivity contribution >= 4 is 33.2 Å². The van der Waals surface area contributed by atoms with Crippen LogP contribution in [0.2, 0.25) is 5.02 Å². The first-order valence-electron chi connectivity index (χ1n) is 8.01. The highest BCUT2D eigenvalue weighted by atomic mass is 35.5. The summed E-state index contributed by atoms with van der Waals surface area (Å²) in [5.74, 6) is 0.766. The maximum Gasteiger partial charge on any atom is 0.263 e. The van der Waals surface area contributed by atoms with E-state index in [4.69, 9.17) is 16.3 Å². The van der Waals surface area contributed by atoms with Crippen LogP contribution in [0.15, 0.2) is 65.0 Å². The third-order valence-corrected chi connectivity index (χ3v) is 5.34. The van der Waals surface area contributed by atoms with Crippen LogP contribution in [-0.2, 0) is 6.54 Å². The molecule has 0 radical (unpaired) electrons. The molecule has 0 saturated carbocycles. The molecule has 2 aromatic carbocycles. The average molecular weight is 383 g/mol. The highest BCUT2D eigenvalue weighted by Crippen LogP contribution is 2.31. The molecule has 4 aromatic rings. The maximum atomic E-state index is 13.1. The third-order valence-electron chi connectivity index (χ3n) is 4.20. The quantitative estimate of drug-likeness (QED) is 0.507. The standard InChI is InChI=1S/C20H15ClN2O2S/c1-25-16-4-2-3-13(9-16)10-23-12-22-19-18(20(23)24)17(11-26-19)14-5-7-15(21)8-6-14/h2-9,11-12H,10H2,1H3. The summed E-state index contributed by atoms with van der Waals surface area (Å²) in [6, 6.07) is 15.2. The van der Waals surface area contributed by atoms with Crippen molar-refractivity contribution in [1.29, 1.82) is 0 Å². The second-order valence-electron chi connectivity index (χ2n) is 5.87. The number of hydrogen-bond acceptors (Lipinski definition) is 4. The number of ether oxygens (including phenoxy) is 1. The van der Waals surface area contributed by atoms with Gasteiger partial charge in [-0.15, -0.1) is 11.3 Å². The molecule has 130 valence electrons. The number of fused-ring (bicyclic) bond motifs is 1. The van der Waals surface area contributed by atoms with Crippen molar-refractivity contribution in [2.75, 3.05) is 7.11 Å². The van der Waals surface area contributed by atoms with E-state index in [0.717, 1.165) is 27.3 Å². The molecule has 0 aliphatic heterocycles. The van der Waals surface area contributed by atoms with E-state index in [1.807, 2.05) is 53.9 Å². The minimum Gasteiger partial charge on any atom is -0.497 e. The second kappa shape index (κ2) is 6.94. The lowest BCUT2D eigenvalue weighted by atomic mass is 10.1. The molecule has 0 aliphatic rings. The van der Waals surface area contributed by atoms with Gasteiger partial charge in [0.2, 0.25) is 0 Å². The molecule has 6 heteroatoms. The number of rotatable bonds is 4. The van der Waals surface area contributed by atoms with Crippen LogP contribution in [0.5, 0.6) is 5.75 Å². The zero-order chi connectivity index (χ0) is 18.1. The fourth-order valence-corrected chi connectivity index (χ4v) is 3.92. The van der Waals surface area contributed by atoms with Crippen LogP contribution in [-0.4, -0.2) is 16.7 Å². The normalized spacial score (nSPS) is 11.0. The summed E-state index contributed by atoms with van der Waals surface area (Å²) >= 11 is 7.45. The van der Waals surface area contributed by atoms with Gasteiger partial charge < -0.3 is 4.74 Å². The van der Waals surface area contributed by atoms with Gasteiger partial charge in [0.05, 0.1) is 25.4 Å². The first-order chi connectivity index (χ1) is 12.7. The van der Waals surface area contributed by atoms with E-state index < -0.39 is 0 Å². The van der Waals surface area contributed by atoms with E-state index in [1.165, 1.54) is 11.3 Å². The van der Waals surface area contributed by atoms with Gasteiger partial charge in [-0.05, 0) is 35.4 Å². The van der Waals surface area contributed by atoms with Crippen molar-refractivity contribution in [3.8, 4) is 16.9 Å². The Morgan fingerprint density at radius 3 is 2.77 bits per heavy atom. The van der Waals surface area contributed by atoms with Crippen molar-refractivity contribution in [2.24, 2.45) is 0 Å². The molecule has 4 nitrogen and oxygen atoms in total. The summed E-state index contributed by atoms with van der Waals surface area (Å²) in [6.07, 6.45) is 1.60. The van der Waals surface area contributed by atoms with Gasteiger partial charge in [-0.1, -0.05) is 35.9 Å². The monoisotopic (exact) mass is 382 g/mol. The Bertz CT molecular complexity index is 1130. The average Bonchev–Trinajstić information content (AvgIpc) is 3.10. The van der Waals surface area contributed by atoms with Crippen LogP contribution < -0.4 is 10.3 Å². The molecule has 4 rings (SSSR count). The number of methoxy groups -OCH3 is 1. The summed E-state index contributed by atoms with van der Waals surface area (Å²) in [6.45, 7) is 0.439. The van der Waals surface area contributed by atoms with Crippen LogP contribution in [0.3, 0.4) is 0 Å². The lowest BCUT2D eigenvalue weighted by Crippen LogP contribution is -2.21. The Hall–Kier alpha value is -2.63. The van der Waals surface area contributed by atoms with Gasteiger partial charge >= 0.3 is 0 Å². The third kappa shape index (κ3) is 3.11. The van der Waals surface area contributed by atoms with E-state index in [9.17, 15) is 4.79 Å². The van der Waals surface area contributed by atoms with E-state index >= 15 is 0 Å². The first kappa shape index (κ1) is 16.8. The molecule has 2 heterocycles. The first-order valence-corrected chi connectivity index (χ1v) is 9.27. The van der Waals surface area contributed by atoms with Gasteiger partial charge in [-0.2, -0.15) is 0 Å². The Balaban J connectivity index is 1.80. The Morgan fingerprint density at radius 2 is 2.00 bits per heavy atom. The van der Waals surface area contributed by atoms with Crippen molar-refractivity contribution < 1.29 is 4.74 Å². The summed E-state index contributed by atoms with van der Waals surface area (Å²) < 4.78 is 6.88. The molecule has 0 N–H and O–H groups in total. The van der Waals surface area contributed by atoms with E-state index in [-0.39, 0.29) is 5.56 Å². The number of nitrogens with zero attached hydrogens (tertiary/aromatic N) is 2. The molecule has 0 amide bonds. The summed E-state index contributed by atoms with van der Waals surface area (Å²) in [7, 11) is 1.63. The SMILES string of the molecule is COc1cccc(Cn2cnc3scc(-c4ccc(Cl)cc4)c3c2=O)c1. The molecule has 0 spiro atoms. The minimum atomic E-state index is -0.0518. The molecule has 0 aliphatic carbocycles. The zero-order valence-electron chi connectivity index (χ0n) is 14.0. The smallest absolute Gasteiger partial charge is 0.263 e. The Labute approximate surface area is 159 Å². The van der Waals surface area contributed by atoms with Gasteiger partial charge in [-0.3, -0.25) is 9.36 Å². The Morgan fingerprint density at radius 1 is 1.19 bits per heavy atom. The van der Waals surface area contributed by atoms with Crippen molar-refractivity contribution in [3.63, 3.8) is 0 Å². The zero-order valence-corrected chi connectivity index (χ0v) is 15.6. The second-order valence-corrected chi connectivity index (χ2v) is 7.16. The van der Waals surface area contributed by atoms with Crippen molar-refractivity contribution in [2.45, 2.75) is 6.54 Å². The van der Waals surface area contributed by atoms with Gasteiger partial charge in [0, 0.05) is 16.0 Å². The van der Waals surface area contributed by atoms with E-state index in [1.54, 1.807) is 18.0 Å². The van der Waals surface area contributed by atoms with Crippen LogP contribution in [0.1, 0.15) is 5.56 Å². The highest BCUT2D eigenvalue weighted by molar-refractivity contribution is 7.17. The minimum absolute atomic E-state index is 0.0518. The van der Waals surface area contributed by atoms with Crippen LogP contribution in [0.4, 0.5) is 0 Å². The van der Waals surface area contributed by atoms with E-state index in [2.05, 4.69) is 4.98 Å².